The first-order valence-corrected chi connectivity index (χ1v) is 12.1. The van der Waals surface area contributed by atoms with Crippen molar-refractivity contribution < 1.29 is 9.90 Å². The topological polar surface area (TPSA) is 95.3 Å². The molecule has 1 aliphatic rings. The summed E-state index contributed by atoms with van der Waals surface area (Å²) in [7, 11) is 1.75. The number of β-amino-alcohol motifs (C(OH)–C–C–N with tert-alkyl or cyclic N) is 1. The molecule has 1 saturated heterocycles. The Morgan fingerprint density at radius 3 is 2.97 bits per heavy atom. The summed E-state index contributed by atoms with van der Waals surface area (Å²) in [6.45, 7) is 1.54. The lowest BCUT2D eigenvalue weighted by atomic mass is 9.91. The number of anilines is 1. The van der Waals surface area contributed by atoms with Gasteiger partial charge >= 0.3 is 0 Å². The molecular weight excluding hydrogens is 448 g/mol. The minimum Gasteiger partial charge on any atom is -0.386 e. The van der Waals surface area contributed by atoms with Crippen LogP contribution in [0, 0.1) is 0 Å². The third-order valence-electron chi connectivity index (χ3n) is 6.14. The maximum atomic E-state index is 12.9. The van der Waals surface area contributed by atoms with Gasteiger partial charge in [-0.15, -0.1) is 11.3 Å². The number of carbonyl (C=O) groups excluding carboxylic acids is 1. The average molecular weight is 475 g/mol. The fraction of sp³-hybridized carbons (Fsp3) is 0.320. The van der Waals surface area contributed by atoms with Crippen molar-refractivity contribution in [3.05, 3.63) is 66.2 Å². The number of piperidine rings is 1. The molecule has 174 valence electrons. The van der Waals surface area contributed by atoms with Gasteiger partial charge in [-0.25, -0.2) is 4.98 Å². The monoisotopic (exact) mass is 474 g/mol. The third kappa shape index (κ3) is 4.76. The van der Waals surface area contributed by atoms with Crippen molar-refractivity contribution in [3.63, 3.8) is 0 Å². The van der Waals surface area contributed by atoms with Crippen LogP contribution in [-0.2, 0) is 11.2 Å². The van der Waals surface area contributed by atoms with Crippen LogP contribution < -0.4 is 4.90 Å². The van der Waals surface area contributed by atoms with Gasteiger partial charge in [0.15, 0.2) is 0 Å². The molecule has 5 heterocycles. The van der Waals surface area contributed by atoms with Gasteiger partial charge in [0.1, 0.15) is 5.01 Å². The Bertz CT molecular complexity index is 1290. The maximum Gasteiger partial charge on any atom is 0.228 e. The van der Waals surface area contributed by atoms with Gasteiger partial charge < -0.3 is 14.9 Å². The Balaban J connectivity index is 1.25. The van der Waals surface area contributed by atoms with Crippen molar-refractivity contribution in [3.8, 4) is 10.7 Å². The van der Waals surface area contributed by atoms with Gasteiger partial charge in [0, 0.05) is 61.4 Å². The summed E-state index contributed by atoms with van der Waals surface area (Å²) < 4.78 is 0. The number of aliphatic hydroxyl groups is 1. The normalized spacial score (nSPS) is 18.2. The predicted molar refractivity (Wildman–Crippen MR) is 133 cm³/mol. The number of amides is 1. The van der Waals surface area contributed by atoms with Gasteiger partial charge in [-0.05, 0) is 37.1 Å². The molecule has 0 radical (unpaired) electrons. The van der Waals surface area contributed by atoms with E-state index in [1.165, 1.54) is 11.3 Å². The Kier molecular flexibility index (Phi) is 6.21. The second kappa shape index (κ2) is 9.44. The fourth-order valence-corrected chi connectivity index (χ4v) is 5.31. The molecule has 1 fully saturated rings. The van der Waals surface area contributed by atoms with Crippen LogP contribution in [0.25, 0.3) is 21.6 Å². The first kappa shape index (κ1) is 22.4. The zero-order chi connectivity index (χ0) is 23.5. The van der Waals surface area contributed by atoms with Gasteiger partial charge in [0.25, 0.3) is 0 Å². The Morgan fingerprint density at radius 2 is 2.12 bits per heavy atom. The predicted octanol–water partition coefficient (Wildman–Crippen LogP) is 3.18. The van der Waals surface area contributed by atoms with E-state index >= 15 is 0 Å². The maximum absolute atomic E-state index is 12.9. The number of rotatable bonds is 6. The molecule has 0 unspecified atom stereocenters. The van der Waals surface area contributed by atoms with Crippen molar-refractivity contribution in [1.82, 2.24) is 24.8 Å². The largest absolute Gasteiger partial charge is 0.386 e. The molecule has 0 aromatic carbocycles. The molecule has 0 saturated carbocycles. The van der Waals surface area contributed by atoms with Crippen LogP contribution in [-0.4, -0.2) is 68.1 Å². The van der Waals surface area contributed by atoms with Crippen LogP contribution in [0.15, 0.2) is 60.5 Å². The standard InChI is InChI=1S/C25H26N6O2S/c1-30(23(32)13-18-15-34-24(29-18)21-5-2-3-9-27-21)16-25(33)8-4-12-31(17-25)22-7-11-28-20-6-10-26-14-19(20)22/h2-3,5-7,9-11,14-15,33H,4,8,12-13,16-17H2,1H3/t25-/m1/s1. The smallest absolute Gasteiger partial charge is 0.228 e. The lowest BCUT2D eigenvalue weighted by molar-refractivity contribution is -0.132. The molecular formula is C25H26N6O2S. The number of pyridine rings is 3. The highest BCUT2D eigenvalue weighted by molar-refractivity contribution is 7.13. The summed E-state index contributed by atoms with van der Waals surface area (Å²) in [6.07, 6.45) is 8.73. The summed E-state index contributed by atoms with van der Waals surface area (Å²) >= 11 is 1.48. The molecule has 1 atom stereocenters. The highest BCUT2D eigenvalue weighted by Crippen LogP contribution is 2.31. The average Bonchev–Trinajstić information content (AvgIpc) is 3.32. The van der Waals surface area contributed by atoms with Gasteiger partial charge in [0.05, 0.1) is 35.5 Å². The van der Waals surface area contributed by atoms with E-state index in [1.807, 2.05) is 41.9 Å². The summed E-state index contributed by atoms with van der Waals surface area (Å²) in [5.74, 6) is -0.0676. The van der Waals surface area contributed by atoms with E-state index in [2.05, 4.69) is 24.8 Å². The van der Waals surface area contributed by atoms with Crippen molar-refractivity contribution in [2.45, 2.75) is 24.9 Å². The molecule has 1 N–H and O–H groups in total. The molecule has 4 aromatic heterocycles. The second-order valence-electron chi connectivity index (χ2n) is 8.76. The molecule has 0 aliphatic carbocycles. The molecule has 5 rings (SSSR count). The van der Waals surface area contributed by atoms with Gasteiger partial charge in [-0.1, -0.05) is 6.07 Å². The summed E-state index contributed by atoms with van der Waals surface area (Å²) in [6, 6.07) is 9.54. The number of hydrogen-bond acceptors (Lipinski definition) is 8. The molecule has 1 amide bonds. The number of thiazole rings is 1. The molecule has 34 heavy (non-hydrogen) atoms. The summed E-state index contributed by atoms with van der Waals surface area (Å²) in [4.78, 5) is 34.3. The first-order valence-electron chi connectivity index (χ1n) is 11.3. The number of likely N-dealkylation sites (N-methyl/N-ethyl adjacent to an activating group) is 1. The molecule has 1 aliphatic heterocycles. The van der Waals surface area contributed by atoms with Gasteiger partial charge in [-0.2, -0.15) is 0 Å². The fourth-order valence-electron chi connectivity index (χ4n) is 4.51. The number of fused-ring (bicyclic) bond motifs is 1. The molecule has 0 spiro atoms. The van der Waals surface area contributed by atoms with Crippen molar-refractivity contribution in [2.75, 3.05) is 31.6 Å². The number of aromatic nitrogens is 4. The third-order valence-corrected chi connectivity index (χ3v) is 7.06. The van der Waals surface area contributed by atoms with E-state index in [0.29, 0.717) is 13.0 Å². The molecule has 9 heteroatoms. The lowest BCUT2D eigenvalue weighted by Gasteiger charge is -2.42. The first-order chi connectivity index (χ1) is 16.5. The highest BCUT2D eigenvalue weighted by Gasteiger charge is 2.36. The summed E-state index contributed by atoms with van der Waals surface area (Å²) in [5, 5.41) is 15.1. The van der Waals surface area contributed by atoms with Crippen LogP contribution >= 0.6 is 11.3 Å². The Morgan fingerprint density at radius 1 is 1.21 bits per heavy atom. The van der Waals surface area contributed by atoms with E-state index in [-0.39, 0.29) is 18.9 Å². The quantitative estimate of drug-likeness (QED) is 0.459. The van der Waals surface area contributed by atoms with Crippen LogP contribution in [0.2, 0.25) is 0 Å². The SMILES string of the molecule is CN(C[C@]1(O)CCCN(c2ccnc3ccncc23)C1)C(=O)Cc1csc(-c2ccccn2)n1. The van der Waals surface area contributed by atoms with E-state index in [0.717, 1.165) is 46.0 Å². The van der Waals surface area contributed by atoms with Crippen molar-refractivity contribution in [1.29, 1.82) is 0 Å². The zero-order valence-electron chi connectivity index (χ0n) is 19.0. The number of hydrogen-bond donors (Lipinski definition) is 1. The molecule has 4 aromatic rings. The number of nitrogens with zero attached hydrogens (tertiary/aromatic N) is 6. The van der Waals surface area contributed by atoms with Crippen LogP contribution in [0.5, 0.6) is 0 Å². The second-order valence-corrected chi connectivity index (χ2v) is 9.62. The van der Waals surface area contributed by atoms with Gasteiger partial charge in [-0.3, -0.25) is 19.7 Å². The van der Waals surface area contributed by atoms with Crippen LogP contribution in [0.4, 0.5) is 5.69 Å². The minimum absolute atomic E-state index is 0.0676. The molecule has 8 nitrogen and oxygen atoms in total. The van der Waals surface area contributed by atoms with E-state index < -0.39 is 5.60 Å². The molecule has 0 bridgehead atoms. The van der Waals surface area contributed by atoms with Crippen molar-refractivity contribution in [2.24, 2.45) is 0 Å². The van der Waals surface area contributed by atoms with Crippen molar-refractivity contribution >= 4 is 33.8 Å². The Labute approximate surface area is 202 Å². The summed E-state index contributed by atoms with van der Waals surface area (Å²) in [5.41, 5.74) is 2.41. The number of carbonyl (C=O) groups is 1. The van der Waals surface area contributed by atoms with Gasteiger partial charge in [0.2, 0.25) is 5.91 Å². The zero-order valence-corrected chi connectivity index (χ0v) is 19.8. The highest BCUT2D eigenvalue weighted by atomic mass is 32.1. The Hall–Kier alpha value is -3.43. The van der Waals surface area contributed by atoms with E-state index in [1.54, 1.807) is 30.5 Å². The lowest BCUT2D eigenvalue weighted by Crippen LogP contribution is -2.55. The minimum atomic E-state index is -0.998. The van der Waals surface area contributed by atoms with E-state index in [9.17, 15) is 9.90 Å². The van der Waals surface area contributed by atoms with Crippen LogP contribution in [0.3, 0.4) is 0 Å². The van der Waals surface area contributed by atoms with E-state index in [4.69, 9.17) is 0 Å². The van der Waals surface area contributed by atoms with Crippen LogP contribution in [0.1, 0.15) is 18.5 Å².